The molecule has 1 aromatic carbocycles. The lowest BCUT2D eigenvalue weighted by Gasteiger charge is -2.23. The maximum atomic E-state index is 6.13. The Kier molecular flexibility index (Phi) is 4.11. The minimum atomic E-state index is -0.0424. The Balaban J connectivity index is 3.27. The Morgan fingerprint density at radius 2 is 1.80 bits per heavy atom. The molecule has 0 amide bonds. The average molecular weight is 264 g/mol. The molecule has 0 bridgehead atoms. The molecule has 0 spiro atoms. The fraction of sp³-hybridized carbons (Fsp3) is 0.333. The summed E-state index contributed by atoms with van der Waals surface area (Å²) in [5, 5.41) is 1.26. The van der Waals surface area contributed by atoms with Gasteiger partial charge in [-0.2, -0.15) is 0 Å². The zero-order valence-electron chi connectivity index (χ0n) is 8.94. The molecule has 82 valence electrons. The van der Waals surface area contributed by atoms with Crippen LogP contribution in [-0.4, -0.2) is 0 Å². The van der Waals surface area contributed by atoms with E-state index < -0.39 is 0 Å². The minimum Gasteiger partial charge on any atom is -0.0926 e. The van der Waals surface area contributed by atoms with E-state index in [1.54, 1.807) is 11.6 Å². The quantitative estimate of drug-likeness (QED) is 0.617. The zero-order valence-corrected chi connectivity index (χ0v) is 11.2. The number of rotatable bonds is 1. The topological polar surface area (TPSA) is 0 Å². The normalized spacial score (nSPS) is 13.1. The average Bonchev–Trinajstić information content (AvgIpc) is 2.07. The van der Waals surface area contributed by atoms with E-state index in [0.717, 1.165) is 11.1 Å². The standard InChI is InChI=1S/C12H13Cl3/c1-12(2,3)10(7-13)9-5-4-8(14)6-11(9)15/h4-7H,1-3H3/b10-7+. The molecule has 0 heterocycles. The Bertz CT molecular complexity index is 386. The SMILES string of the molecule is CC(C)(C)/C(=C/Cl)c1ccc(Cl)cc1Cl. The van der Waals surface area contributed by atoms with Gasteiger partial charge in [0.25, 0.3) is 0 Å². The van der Waals surface area contributed by atoms with Crippen LogP contribution >= 0.6 is 34.8 Å². The molecule has 1 aromatic rings. The van der Waals surface area contributed by atoms with Crippen LogP contribution in [0.15, 0.2) is 23.7 Å². The van der Waals surface area contributed by atoms with Gasteiger partial charge in [-0.3, -0.25) is 0 Å². The first-order chi connectivity index (χ1) is 6.86. The highest BCUT2D eigenvalue weighted by atomic mass is 35.5. The Hall–Kier alpha value is -0.170. The van der Waals surface area contributed by atoms with E-state index in [1.807, 2.05) is 12.1 Å². The summed E-state index contributed by atoms with van der Waals surface area (Å²) in [6, 6.07) is 5.43. The number of allylic oxidation sites excluding steroid dienone is 1. The van der Waals surface area contributed by atoms with Crippen LogP contribution in [0.1, 0.15) is 26.3 Å². The molecule has 0 aliphatic carbocycles. The molecule has 0 aliphatic rings. The summed E-state index contributed by atoms with van der Waals surface area (Å²) in [6.45, 7) is 6.27. The van der Waals surface area contributed by atoms with Crippen LogP contribution in [0.4, 0.5) is 0 Å². The van der Waals surface area contributed by atoms with Gasteiger partial charge < -0.3 is 0 Å². The molecule has 15 heavy (non-hydrogen) atoms. The van der Waals surface area contributed by atoms with Gasteiger partial charge in [-0.25, -0.2) is 0 Å². The van der Waals surface area contributed by atoms with Crippen molar-refractivity contribution in [1.82, 2.24) is 0 Å². The number of halogens is 3. The first-order valence-electron chi connectivity index (χ1n) is 4.62. The summed E-state index contributed by atoms with van der Waals surface area (Å²) >= 11 is 17.8. The van der Waals surface area contributed by atoms with Gasteiger partial charge in [0, 0.05) is 15.6 Å². The van der Waals surface area contributed by atoms with Crippen LogP contribution in [0.3, 0.4) is 0 Å². The molecule has 0 aromatic heterocycles. The third-order valence-electron chi connectivity index (χ3n) is 2.14. The largest absolute Gasteiger partial charge is 0.0926 e. The molecule has 3 heteroatoms. The van der Waals surface area contributed by atoms with Crippen molar-refractivity contribution in [2.75, 3.05) is 0 Å². The smallest absolute Gasteiger partial charge is 0.0496 e. The second-order valence-corrected chi connectivity index (χ2v) is 5.46. The van der Waals surface area contributed by atoms with Crippen molar-refractivity contribution in [3.05, 3.63) is 39.3 Å². The molecule has 0 saturated heterocycles. The summed E-state index contributed by atoms with van der Waals surface area (Å²) in [7, 11) is 0. The third kappa shape index (κ3) is 3.14. The van der Waals surface area contributed by atoms with Gasteiger partial charge in [-0.15, -0.1) is 0 Å². The highest BCUT2D eigenvalue weighted by Crippen LogP contribution is 2.38. The Morgan fingerprint density at radius 3 is 2.20 bits per heavy atom. The van der Waals surface area contributed by atoms with Gasteiger partial charge in [-0.05, 0) is 28.7 Å². The van der Waals surface area contributed by atoms with Crippen molar-refractivity contribution in [2.45, 2.75) is 20.8 Å². The van der Waals surface area contributed by atoms with Crippen LogP contribution in [-0.2, 0) is 0 Å². The molecule has 0 fully saturated rings. The lowest BCUT2D eigenvalue weighted by Crippen LogP contribution is -2.08. The van der Waals surface area contributed by atoms with Gasteiger partial charge in [0.2, 0.25) is 0 Å². The van der Waals surface area contributed by atoms with Crippen molar-refractivity contribution in [1.29, 1.82) is 0 Å². The van der Waals surface area contributed by atoms with Gasteiger partial charge in [0.05, 0.1) is 0 Å². The highest BCUT2D eigenvalue weighted by molar-refractivity contribution is 6.36. The number of benzene rings is 1. The van der Waals surface area contributed by atoms with E-state index in [4.69, 9.17) is 34.8 Å². The monoisotopic (exact) mass is 262 g/mol. The van der Waals surface area contributed by atoms with Gasteiger partial charge in [0.1, 0.15) is 0 Å². The molecule has 0 nitrogen and oxygen atoms in total. The lowest BCUT2D eigenvalue weighted by atomic mass is 9.83. The number of hydrogen-bond donors (Lipinski definition) is 0. The summed E-state index contributed by atoms with van der Waals surface area (Å²) in [5.41, 5.74) is 3.48. The molecular formula is C12H13Cl3. The van der Waals surface area contributed by atoms with Gasteiger partial charge in [-0.1, -0.05) is 61.6 Å². The van der Waals surface area contributed by atoms with Crippen LogP contribution in [0.2, 0.25) is 10.0 Å². The van der Waals surface area contributed by atoms with Crippen molar-refractivity contribution in [3.63, 3.8) is 0 Å². The highest BCUT2D eigenvalue weighted by Gasteiger charge is 2.20. The molecule has 0 aliphatic heterocycles. The van der Waals surface area contributed by atoms with E-state index in [0.29, 0.717) is 10.0 Å². The van der Waals surface area contributed by atoms with E-state index in [9.17, 15) is 0 Å². The molecule has 0 N–H and O–H groups in total. The van der Waals surface area contributed by atoms with Crippen molar-refractivity contribution >= 4 is 40.4 Å². The number of hydrogen-bond acceptors (Lipinski definition) is 0. The van der Waals surface area contributed by atoms with E-state index in [1.165, 1.54) is 0 Å². The van der Waals surface area contributed by atoms with E-state index in [2.05, 4.69) is 20.8 Å². The fourth-order valence-electron chi connectivity index (χ4n) is 1.33. The molecular weight excluding hydrogens is 250 g/mol. The van der Waals surface area contributed by atoms with E-state index >= 15 is 0 Å². The Morgan fingerprint density at radius 1 is 1.20 bits per heavy atom. The predicted molar refractivity (Wildman–Crippen MR) is 69.7 cm³/mol. The van der Waals surface area contributed by atoms with Crippen molar-refractivity contribution in [2.24, 2.45) is 5.41 Å². The first-order valence-corrected chi connectivity index (χ1v) is 5.82. The second-order valence-electron chi connectivity index (χ2n) is 4.40. The summed E-state index contributed by atoms with van der Waals surface area (Å²) in [6.07, 6.45) is 0. The van der Waals surface area contributed by atoms with Gasteiger partial charge >= 0.3 is 0 Å². The molecule has 0 radical (unpaired) electrons. The van der Waals surface area contributed by atoms with E-state index in [-0.39, 0.29) is 5.41 Å². The maximum Gasteiger partial charge on any atom is 0.0496 e. The van der Waals surface area contributed by atoms with Crippen LogP contribution in [0.25, 0.3) is 5.57 Å². The second kappa shape index (κ2) is 4.78. The molecule has 0 atom stereocenters. The van der Waals surface area contributed by atoms with Gasteiger partial charge in [0.15, 0.2) is 0 Å². The van der Waals surface area contributed by atoms with Crippen LogP contribution in [0.5, 0.6) is 0 Å². The van der Waals surface area contributed by atoms with Crippen LogP contribution in [0, 0.1) is 5.41 Å². The predicted octanol–water partition coefficient (Wildman–Crippen LogP) is 5.62. The maximum absolute atomic E-state index is 6.13. The fourth-order valence-corrected chi connectivity index (χ4v) is 2.29. The summed E-state index contributed by atoms with van der Waals surface area (Å²) in [5.74, 6) is 0. The Labute approximate surface area is 106 Å². The zero-order chi connectivity index (χ0) is 11.6. The van der Waals surface area contributed by atoms with Crippen molar-refractivity contribution < 1.29 is 0 Å². The van der Waals surface area contributed by atoms with Crippen molar-refractivity contribution in [3.8, 4) is 0 Å². The lowest BCUT2D eigenvalue weighted by molar-refractivity contribution is 0.567. The summed E-state index contributed by atoms with van der Waals surface area (Å²) in [4.78, 5) is 0. The first kappa shape index (κ1) is 12.9. The molecule has 0 saturated carbocycles. The minimum absolute atomic E-state index is 0.0424. The third-order valence-corrected chi connectivity index (χ3v) is 2.90. The summed E-state index contributed by atoms with van der Waals surface area (Å²) < 4.78 is 0. The van der Waals surface area contributed by atoms with Crippen LogP contribution < -0.4 is 0 Å². The molecule has 0 unspecified atom stereocenters. The molecule has 1 rings (SSSR count).